The van der Waals surface area contributed by atoms with E-state index in [2.05, 4.69) is 27.4 Å². The minimum atomic E-state index is -0.361. The summed E-state index contributed by atoms with van der Waals surface area (Å²) in [5.74, 6) is 11.0. The first-order valence-corrected chi connectivity index (χ1v) is 20.6. The number of rotatable bonds is 9. The molecule has 12 aliphatic carbocycles. The Labute approximate surface area is 297 Å². The van der Waals surface area contributed by atoms with E-state index in [0.29, 0.717) is 34.5 Å². The summed E-state index contributed by atoms with van der Waals surface area (Å²) in [4.78, 5) is 11.3. The van der Waals surface area contributed by atoms with Gasteiger partial charge in [0.15, 0.2) is 6.79 Å². The first kappa shape index (κ1) is 35.8. The molecule has 0 spiro atoms. The van der Waals surface area contributed by atoms with Gasteiger partial charge in [-0.3, -0.25) is 0 Å². The summed E-state index contributed by atoms with van der Waals surface area (Å²) in [7, 11) is 0. The molecule has 0 heterocycles. The van der Waals surface area contributed by atoms with E-state index < -0.39 is 0 Å². The van der Waals surface area contributed by atoms with E-state index in [9.17, 15) is 9.90 Å². The predicted octanol–water partition coefficient (Wildman–Crippen LogP) is 9.65. The average molecular weight is 687 g/mol. The fourth-order valence-corrected chi connectivity index (χ4v) is 14.3. The molecule has 12 bridgehead atoms. The highest BCUT2D eigenvalue weighted by Crippen LogP contribution is 2.64. The zero-order chi connectivity index (χ0) is 33.8. The lowest BCUT2D eigenvalue weighted by atomic mass is 9.46. The molecule has 0 amide bonds. The van der Waals surface area contributed by atoms with E-state index in [-0.39, 0.29) is 12.8 Å². The number of esters is 1. The van der Waals surface area contributed by atoms with Crippen molar-refractivity contribution < 1.29 is 24.1 Å². The van der Waals surface area contributed by atoms with E-state index in [1.807, 2.05) is 0 Å². The molecule has 272 valence electrons. The van der Waals surface area contributed by atoms with Crippen LogP contribution in [0.3, 0.4) is 0 Å². The van der Waals surface area contributed by atoms with Crippen molar-refractivity contribution in [3.8, 4) is 0 Å². The molecule has 0 radical (unpaired) electrons. The lowest BCUT2D eigenvalue weighted by Gasteiger charge is -2.60. The first-order chi connectivity index (χ1) is 22.9. The van der Waals surface area contributed by atoms with Gasteiger partial charge in [0.25, 0.3) is 0 Å². The molecule has 0 aromatic heterocycles. The smallest absolute Gasteiger partial charge is 0.335 e. The van der Waals surface area contributed by atoms with E-state index in [0.717, 1.165) is 84.2 Å². The normalized spacial score (nSPS) is 49.6. The third-order valence-electron chi connectivity index (χ3n) is 16.9. The number of hydrogen-bond acceptors (Lipinski definition) is 5. The van der Waals surface area contributed by atoms with Crippen LogP contribution in [0.4, 0.5) is 0 Å². The molecular weight excluding hydrogens is 620 g/mol. The largest absolute Gasteiger partial charge is 0.435 e. The van der Waals surface area contributed by atoms with Crippen molar-refractivity contribution in [1.29, 1.82) is 0 Å². The maximum atomic E-state index is 11.3. The van der Waals surface area contributed by atoms with Gasteiger partial charge in [-0.25, -0.2) is 4.79 Å². The number of halogens is 1. The number of aliphatic hydroxyl groups excluding tert-OH is 1. The van der Waals surface area contributed by atoms with Gasteiger partial charge in [-0.15, -0.1) is 0 Å². The van der Waals surface area contributed by atoms with Crippen molar-refractivity contribution in [2.45, 2.75) is 124 Å². The number of ether oxygens (including phenoxy) is 3. The maximum absolute atomic E-state index is 11.3. The van der Waals surface area contributed by atoms with Gasteiger partial charge in [0.1, 0.15) is 6.07 Å². The third kappa shape index (κ3) is 6.71. The molecule has 48 heavy (non-hydrogen) atoms. The zero-order valence-corrected chi connectivity index (χ0v) is 31.5. The van der Waals surface area contributed by atoms with Crippen molar-refractivity contribution in [1.82, 2.24) is 0 Å². The van der Waals surface area contributed by atoms with Crippen LogP contribution in [-0.4, -0.2) is 43.8 Å². The van der Waals surface area contributed by atoms with Gasteiger partial charge in [-0.1, -0.05) is 39.0 Å². The molecule has 1 N–H and O–H groups in total. The van der Waals surface area contributed by atoms with Gasteiger partial charge in [0.2, 0.25) is 0 Å². The molecule has 0 aliphatic heterocycles. The number of aliphatic hydroxyl groups is 1. The van der Waals surface area contributed by atoms with Gasteiger partial charge < -0.3 is 19.3 Å². The van der Waals surface area contributed by atoms with Crippen LogP contribution >= 0.6 is 11.6 Å². The van der Waals surface area contributed by atoms with Crippen molar-refractivity contribution in [2.75, 3.05) is 32.7 Å². The second kappa shape index (κ2) is 14.1. The van der Waals surface area contributed by atoms with Crippen LogP contribution in [0.2, 0.25) is 0 Å². The van der Waals surface area contributed by atoms with Gasteiger partial charge in [-0.2, -0.15) is 0 Å². The average Bonchev–Trinajstić information content (AvgIpc) is 3.05. The molecule has 0 aromatic rings. The Morgan fingerprint density at radius 3 is 1.21 bits per heavy atom. The van der Waals surface area contributed by atoms with Crippen molar-refractivity contribution in [3.63, 3.8) is 0 Å². The first-order valence-electron chi connectivity index (χ1n) is 20.1. The van der Waals surface area contributed by atoms with Crippen LogP contribution in [0.5, 0.6) is 0 Å². The summed E-state index contributed by atoms with van der Waals surface area (Å²) in [5.41, 5.74) is 1.47. The molecule has 5 nitrogen and oxygen atoms in total. The summed E-state index contributed by atoms with van der Waals surface area (Å²) in [6, 6.07) is 0.363. The molecule has 0 saturated heterocycles. The van der Waals surface area contributed by atoms with Crippen LogP contribution in [0, 0.1) is 87.3 Å². The number of alkyl halides is 1. The van der Waals surface area contributed by atoms with Crippen LogP contribution in [0.1, 0.15) is 124 Å². The third-order valence-corrected chi connectivity index (χ3v) is 17.0. The topological polar surface area (TPSA) is 65.0 Å². The Balaban J connectivity index is 0.000000117. The van der Waals surface area contributed by atoms with Crippen LogP contribution in [0.25, 0.3) is 0 Å². The molecule has 12 aliphatic rings. The number of carbonyl (C=O) groups is 1. The van der Waals surface area contributed by atoms with E-state index in [4.69, 9.17) is 25.8 Å². The second-order valence-electron chi connectivity index (χ2n) is 19.7. The molecular formula is C42H67ClO5. The Morgan fingerprint density at radius 1 is 0.604 bits per heavy atom. The Morgan fingerprint density at radius 2 is 0.917 bits per heavy atom. The Bertz CT molecular complexity index is 1080. The number of hydrogen-bond donors (Lipinski definition) is 1. The van der Waals surface area contributed by atoms with E-state index in [1.165, 1.54) is 96.3 Å². The van der Waals surface area contributed by atoms with Gasteiger partial charge in [0, 0.05) is 12.2 Å². The number of carbonyl (C=O) groups excluding carboxylic acids is 1. The van der Waals surface area contributed by atoms with Gasteiger partial charge in [0.05, 0.1) is 13.2 Å². The molecule has 0 unspecified atom stereocenters. The fourth-order valence-electron chi connectivity index (χ4n) is 14.3. The van der Waals surface area contributed by atoms with Crippen molar-refractivity contribution >= 4 is 17.6 Å². The standard InChI is InChI=1S/C17H26O3.C13H21ClO.C12H20O/c1-11(2)16(18)20-10-19-9-17(3)14-5-12-4-13(7-14)8-15(17)6-12;1-13(7-15-8-14)11-3-9-2-10(5-11)6-12(13)4-9;1-12(7-13)10-3-8-2-9(5-10)6-11(12)4-8/h12-15H,1,4-10H2,2-3H3;9-12H,2-8H2,1H3;8-11,13H,2-7H2,1H3. The monoisotopic (exact) mass is 686 g/mol. The maximum Gasteiger partial charge on any atom is 0.335 e. The summed E-state index contributed by atoms with van der Waals surface area (Å²) in [5, 5.41) is 9.56. The molecule has 12 saturated carbocycles. The molecule has 12 fully saturated rings. The highest BCUT2D eigenvalue weighted by atomic mass is 35.5. The quantitative estimate of drug-likeness (QED) is 0.0860. The van der Waals surface area contributed by atoms with Gasteiger partial charge >= 0.3 is 5.97 Å². The summed E-state index contributed by atoms with van der Waals surface area (Å²) in [6.07, 6.45) is 21.6. The SMILES string of the molecule is C=C(C)C(=O)OCOCC1(C)C2CC3CC(C2)CC1C3.CC1(CO)C2CC3CC(C2)CC1C3.CC1(COCCl)C2CC3CC(C2)CC1C3. The van der Waals surface area contributed by atoms with Gasteiger partial charge in [-0.05, 0) is 190 Å². The highest BCUT2D eigenvalue weighted by Gasteiger charge is 2.56. The molecule has 0 atom stereocenters. The van der Waals surface area contributed by atoms with Crippen LogP contribution in [0.15, 0.2) is 12.2 Å². The highest BCUT2D eigenvalue weighted by molar-refractivity contribution is 6.17. The Hall–Kier alpha value is -0.620. The fraction of sp³-hybridized carbons (Fsp3) is 0.929. The van der Waals surface area contributed by atoms with Crippen molar-refractivity contribution in [3.05, 3.63) is 12.2 Å². The lowest BCUT2D eigenvalue weighted by Crippen LogP contribution is -2.53. The van der Waals surface area contributed by atoms with Crippen LogP contribution < -0.4 is 0 Å². The summed E-state index contributed by atoms with van der Waals surface area (Å²) in [6.45, 7) is 14.5. The summed E-state index contributed by atoms with van der Waals surface area (Å²) >= 11 is 5.65. The van der Waals surface area contributed by atoms with E-state index in [1.54, 1.807) is 6.92 Å². The summed E-state index contributed by atoms with van der Waals surface area (Å²) < 4.78 is 16.3. The molecule has 0 aromatic carbocycles. The molecule has 12 rings (SSSR count). The Kier molecular flexibility index (Phi) is 10.5. The van der Waals surface area contributed by atoms with Crippen molar-refractivity contribution in [2.24, 2.45) is 87.3 Å². The minimum absolute atomic E-state index is 0.0631. The lowest BCUT2D eigenvalue weighted by molar-refractivity contribution is -0.171. The minimum Gasteiger partial charge on any atom is -0.435 e. The molecule has 6 heteroatoms. The predicted molar refractivity (Wildman–Crippen MR) is 191 cm³/mol. The van der Waals surface area contributed by atoms with Crippen LogP contribution in [-0.2, 0) is 19.0 Å². The zero-order valence-electron chi connectivity index (χ0n) is 30.7. The second-order valence-corrected chi connectivity index (χ2v) is 19.9. The van der Waals surface area contributed by atoms with E-state index >= 15 is 0 Å².